The zero-order valence-corrected chi connectivity index (χ0v) is 16.6. The molecule has 0 saturated heterocycles. The van der Waals surface area contributed by atoms with Gasteiger partial charge in [0.25, 0.3) is 5.91 Å². The number of hydrogen-bond donors (Lipinski definition) is 3. The van der Waals surface area contributed by atoms with Crippen LogP contribution in [-0.4, -0.2) is 22.1 Å². The van der Waals surface area contributed by atoms with Crippen LogP contribution in [0.5, 0.6) is 5.75 Å². The highest BCUT2D eigenvalue weighted by atomic mass is 19.1. The van der Waals surface area contributed by atoms with Gasteiger partial charge in [-0.05, 0) is 61.2 Å². The molecular weight excluding hydrogens is 404 g/mol. The molecule has 0 bridgehead atoms. The first kappa shape index (κ1) is 22.0. The standard InChI is InChI=1S/C24H21F2NO4/c25-17-9-12-21(26)20(14-17)16-8-11-19(22(28)13-16)24(31)27-18-5-1-3-15(7-10-18)4-2-6-23(29)30/h3,5,7-14,28H,1-2,4,6H2,(H,27,31)(H,29,30). The van der Waals surface area contributed by atoms with E-state index in [1.54, 1.807) is 12.2 Å². The molecule has 1 amide bonds. The van der Waals surface area contributed by atoms with Gasteiger partial charge < -0.3 is 15.5 Å². The Hall–Kier alpha value is -3.74. The van der Waals surface area contributed by atoms with Gasteiger partial charge in [-0.2, -0.15) is 0 Å². The summed E-state index contributed by atoms with van der Waals surface area (Å²) < 4.78 is 27.4. The number of carbonyl (C=O) groups is 2. The number of phenolic OH excluding ortho intramolecular Hbond substituents is 1. The van der Waals surface area contributed by atoms with Crippen LogP contribution in [0.1, 0.15) is 36.0 Å². The summed E-state index contributed by atoms with van der Waals surface area (Å²) in [5.74, 6) is -2.99. The average molecular weight is 425 g/mol. The van der Waals surface area contributed by atoms with Gasteiger partial charge in [-0.1, -0.05) is 29.9 Å². The second-order valence-electron chi connectivity index (χ2n) is 7.07. The maximum atomic E-state index is 14.0. The van der Waals surface area contributed by atoms with Gasteiger partial charge in [0, 0.05) is 17.7 Å². The highest BCUT2D eigenvalue weighted by Gasteiger charge is 2.15. The molecule has 2 aromatic rings. The Morgan fingerprint density at radius 1 is 1.03 bits per heavy atom. The van der Waals surface area contributed by atoms with Crippen LogP contribution >= 0.6 is 0 Å². The Balaban J connectivity index is 1.68. The second kappa shape index (κ2) is 9.84. The number of allylic oxidation sites excluding steroid dienone is 5. The number of benzene rings is 2. The summed E-state index contributed by atoms with van der Waals surface area (Å²) in [4.78, 5) is 23.2. The quantitative estimate of drug-likeness (QED) is 0.577. The molecule has 0 fully saturated rings. The zero-order chi connectivity index (χ0) is 22.4. The van der Waals surface area contributed by atoms with E-state index in [9.17, 15) is 23.5 Å². The molecule has 160 valence electrons. The molecule has 3 rings (SSSR count). The summed E-state index contributed by atoms with van der Waals surface area (Å²) in [6.07, 6.45) is 9.09. The van der Waals surface area contributed by atoms with Gasteiger partial charge in [-0.15, -0.1) is 0 Å². The lowest BCUT2D eigenvalue weighted by atomic mass is 10.0. The lowest BCUT2D eigenvalue weighted by Gasteiger charge is -2.10. The van der Waals surface area contributed by atoms with E-state index in [-0.39, 0.29) is 28.9 Å². The summed E-state index contributed by atoms with van der Waals surface area (Å²) in [5, 5.41) is 21.7. The van der Waals surface area contributed by atoms with Crippen molar-refractivity contribution in [2.75, 3.05) is 0 Å². The third kappa shape index (κ3) is 5.88. The molecular formula is C24H21F2NO4. The minimum absolute atomic E-state index is 0.00579. The predicted octanol–water partition coefficient (Wildman–Crippen LogP) is 5.09. The maximum absolute atomic E-state index is 14.0. The number of nitrogens with one attached hydrogen (secondary N) is 1. The molecule has 0 heterocycles. The topological polar surface area (TPSA) is 86.6 Å². The molecule has 1 aliphatic carbocycles. The van der Waals surface area contributed by atoms with Crippen LogP contribution in [0.2, 0.25) is 0 Å². The van der Waals surface area contributed by atoms with E-state index in [4.69, 9.17) is 5.11 Å². The number of carboxylic acid groups (broad SMARTS) is 1. The van der Waals surface area contributed by atoms with Crippen molar-refractivity contribution >= 4 is 11.9 Å². The van der Waals surface area contributed by atoms with Gasteiger partial charge in [-0.25, -0.2) is 8.78 Å². The molecule has 0 atom stereocenters. The Kier molecular flexibility index (Phi) is 6.97. The van der Waals surface area contributed by atoms with E-state index in [2.05, 4.69) is 5.32 Å². The fourth-order valence-electron chi connectivity index (χ4n) is 3.20. The number of halogens is 2. The molecule has 0 aliphatic heterocycles. The molecule has 2 aromatic carbocycles. The number of phenols is 1. The SMILES string of the molecule is O=C(O)CCCC1=CCC=C(NC(=O)c2ccc(-c3cc(F)ccc3F)cc2O)C=C1. The monoisotopic (exact) mass is 425 g/mol. The van der Waals surface area contributed by atoms with E-state index in [0.717, 1.165) is 23.8 Å². The first-order valence-electron chi connectivity index (χ1n) is 9.72. The average Bonchev–Trinajstić information content (AvgIpc) is 2.94. The zero-order valence-electron chi connectivity index (χ0n) is 16.6. The van der Waals surface area contributed by atoms with Crippen molar-refractivity contribution in [3.63, 3.8) is 0 Å². The van der Waals surface area contributed by atoms with Crippen molar-refractivity contribution in [2.45, 2.75) is 25.7 Å². The third-order valence-electron chi connectivity index (χ3n) is 4.79. The lowest BCUT2D eigenvalue weighted by Crippen LogP contribution is -2.22. The number of rotatable bonds is 7. The van der Waals surface area contributed by atoms with E-state index < -0.39 is 23.5 Å². The van der Waals surface area contributed by atoms with Crippen LogP contribution in [-0.2, 0) is 4.79 Å². The van der Waals surface area contributed by atoms with Crippen LogP contribution in [0.25, 0.3) is 11.1 Å². The second-order valence-corrected chi connectivity index (χ2v) is 7.07. The summed E-state index contributed by atoms with van der Waals surface area (Å²) >= 11 is 0. The van der Waals surface area contributed by atoms with Crippen LogP contribution in [0.4, 0.5) is 8.78 Å². The van der Waals surface area contributed by atoms with Crippen molar-refractivity contribution in [1.29, 1.82) is 0 Å². The number of carbonyl (C=O) groups excluding carboxylic acids is 1. The lowest BCUT2D eigenvalue weighted by molar-refractivity contribution is -0.137. The van der Waals surface area contributed by atoms with Gasteiger partial charge in [0.2, 0.25) is 0 Å². The first-order chi connectivity index (χ1) is 14.8. The Morgan fingerprint density at radius 2 is 1.84 bits per heavy atom. The number of amides is 1. The molecule has 5 nitrogen and oxygen atoms in total. The smallest absolute Gasteiger partial charge is 0.303 e. The molecule has 0 unspecified atom stereocenters. The fraction of sp³-hybridized carbons (Fsp3) is 0.167. The van der Waals surface area contributed by atoms with E-state index in [1.165, 1.54) is 18.2 Å². The Bertz CT molecular complexity index is 1100. The van der Waals surface area contributed by atoms with Gasteiger partial charge >= 0.3 is 5.97 Å². The van der Waals surface area contributed by atoms with Crippen molar-refractivity contribution in [3.05, 3.63) is 89.2 Å². The summed E-state index contributed by atoms with van der Waals surface area (Å²) in [6, 6.07) is 7.02. The Labute approximate surface area is 178 Å². The number of carboxylic acids is 1. The molecule has 7 heteroatoms. The molecule has 0 radical (unpaired) electrons. The molecule has 0 aromatic heterocycles. The van der Waals surface area contributed by atoms with E-state index >= 15 is 0 Å². The Morgan fingerprint density at radius 3 is 2.58 bits per heavy atom. The fourth-order valence-corrected chi connectivity index (χ4v) is 3.20. The highest BCUT2D eigenvalue weighted by molar-refractivity contribution is 5.98. The molecule has 31 heavy (non-hydrogen) atoms. The van der Waals surface area contributed by atoms with Gasteiger partial charge in [0.05, 0.1) is 5.56 Å². The van der Waals surface area contributed by atoms with Gasteiger partial charge in [0.1, 0.15) is 17.4 Å². The largest absolute Gasteiger partial charge is 0.507 e. The third-order valence-corrected chi connectivity index (χ3v) is 4.79. The number of aliphatic carboxylic acids is 1. The highest BCUT2D eigenvalue weighted by Crippen LogP contribution is 2.29. The summed E-state index contributed by atoms with van der Waals surface area (Å²) in [5.41, 5.74) is 1.74. The van der Waals surface area contributed by atoms with Crippen molar-refractivity contribution in [2.24, 2.45) is 0 Å². The normalized spacial score (nSPS) is 13.2. The van der Waals surface area contributed by atoms with Crippen molar-refractivity contribution < 1.29 is 28.6 Å². The first-order valence-corrected chi connectivity index (χ1v) is 9.72. The number of aromatic hydroxyl groups is 1. The molecule has 0 saturated carbocycles. The van der Waals surface area contributed by atoms with Crippen LogP contribution in [0.15, 0.2) is 72.0 Å². The van der Waals surface area contributed by atoms with E-state index in [0.29, 0.717) is 25.0 Å². The van der Waals surface area contributed by atoms with Crippen molar-refractivity contribution in [1.82, 2.24) is 5.32 Å². The van der Waals surface area contributed by atoms with Gasteiger partial charge in [0.15, 0.2) is 0 Å². The summed E-state index contributed by atoms with van der Waals surface area (Å²) in [7, 11) is 0. The predicted molar refractivity (Wildman–Crippen MR) is 112 cm³/mol. The van der Waals surface area contributed by atoms with Crippen LogP contribution in [0.3, 0.4) is 0 Å². The minimum atomic E-state index is -0.838. The molecule has 0 spiro atoms. The van der Waals surface area contributed by atoms with Crippen LogP contribution < -0.4 is 5.32 Å². The number of hydrogen-bond acceptors (Lipinski definition) is 3. The summed E-state index contributed by atoms with van der Waals surface area (Å²) in [6.45, 7) is 0. The van der Waals surface area contributed by atoms with Gasteiger partial charge in [-0.3, -0.25) is 9.59 Å². The van der Waals surface area contributed by atoms with Crippen LogP contribution in [0, 0.1) is 11.6 Å². The minimum Gasteiger partial charge on any atom is -0.507 e. The molecule has 1 aliphatic rings. The van der Waals surface area contributed by atoms with E-state index in [1.807, 2.05) is 12.2 Å². The molecule has 3 N–H and O–H groups in total. The maximum Gasteiger partial charge on any atom is 0.303 e. The van der Waals surface area contributed by atoms with Crippen molar-refractivity contribution in [3.8, 4) is 16.9 Å².